The van der Waals surface area contributed by atoms with Gasteiger partial charge in [-0.15, -0.1) is 0 Å². The van der Waals surface area contributed by atoms with E-state index in [0.29, 0.717) is 11.6 Å². The lowest BCUT2D eigenvalue weighted by Crippen LogP contribution is -2.14. The molecular formula is C10H10BrN5S. The summed E-state index contributed by atoms with van der Waals surface area (Å²) >= 11 is 8.34. The molecule has 7 heteroatoms. The molecule has 0 fully saturated rings. The molecule has 0 aliphatic carbocycles. The molecule has 0 aliphatic rings. The minimum atomic E-state index is 0.245. The molecule has 0 saturated heterocycles. The first-order valence-electron chi connectivity index (χ1n) is 4.85. The number of hydrogen-bond acceptors (Lipinski definition) is 4. The quantitative estimate of drug-likeness (QED) is 0.854. The number of thiocarbonyl (C=S) groups is 1. The molecule has 2 heterocycles. The maximum Gasteiger partial charge on any atom is 0.251 e. The first kappa shape index (κ1) is 12.1. The first-order chi connectivity index (χ1) is 8.00. The van der Waals surface area contributed by atoms with Crippen molar-refractivity contribution >= 4 is 33.1 Å². The average molecular weight is 312 g/mol. The number of nitrogens with two attached hydrogens (primary N) is 1. The highest BCUT2D eigenvalue weighted by Gasteiger charge is 2.12. The number of aromatic nitrogens is 4. The normalized spacial score (nSPS) is 10.5. The lowest BCUT2D eigenvalue weighted by Gasteiger charge is -2.03. The summed E-state index contributed by atoms with van der Waals surface area (Å²) in [5.74, 6) is 0.460. The van der Waals surface area contributed by atoms with E-state index in [4.69, 9.17) is 18.0 Å². The van der Waals surface area contributed by atoms with Crippen LogP contribution in [0, 0.1) is 13.8 Å². The van der Waals surface area contributed by atoms with Gasteiger partial charge < -0.3 is 5.73 Å². The highest BCUT2D eigenvalue weighted by Crippen LogP contribution is 2.21. The zero-order valence-electron chi connectivity index (χ0n) is 9.31. The second kappa shape index (κ2) is 4.50. The van der Waals surface area contributed by atoms with Crippen molar-refractivity contribution in [2.24, 2.45) is 5.73 Å². The summed E-state index contributed by atoms with van der Waals surface area (Å²) in [5, 5.41) is 4.34. The number of hydrogen-bond donors (Lipinski definition) is 1. The average Bonchev–Trinajstić information content (AvgIpc) is 2.57. The third-order valence-electron chi connectivity index (χ3n) is 2.29. The second-order valence-corrected chi connectivity index (χ2v) is 4.74. The summed E-state index contributed by atoms with van der Waals surface area (Å²) in [6.45, 7) is 3.84. The molecule has 2 rings (SSSR count). The van der Waals surface area contributed by atoms with Crippen molar-refractivity contribution in [1.29, 1.82) is 0 Å². The van der Waals surface area contributed by atoms with Crippen molar-refractivity contribution in [3.63, 3.8) is 0 Å². The maximum absolute atomic E-state index is 5.54. The molecule has 0 saturated carbocycles. The number of halogens is 1. The van der Waals surface area contributed by atoms with E-state index < -0.39 is 0 Å². The molecule has 88 valence electrons. The molecule has 0 radical (unpaired) electrons. The van der Waals surface area contributed by atoms with Gasteiger partial charge in [-0.2, -0.15) is 5.10 Å². The topological polar surface area (TPSA) is 69.6 Å². The van der Waals surface area contributed by atoms with Crippen molar-refractivity contribution in [3.8, 4) is 5.95 Å². The summed E-state index contributed by atoms with van der Waals surface area (Å²) in [7, 11) is 0. The molecule has 0 bridgehead atoms. The Morgan fingerprint density at radius 1 is 1.47 bits per heavy atom. The Labute approximate surface area is 112 Å². The summed E-state index contributed by atoms with van der Waals surface area (Å²) < 4.78 is 2.60. The summed E-state index contributed by atoms with van der Waals surface area (Å²) in [5.41, 5.74) is 7.89. The van der Waals surface area contributed by atoms with Gasteiger partial charge in [-0.1, -0.05) is 12.2 Å². The molecule has 2 N–H and O–H groups in total. The van der Waals surface area contributed by atoms with Crippen molar-refractivity contribution in [2.75, 3.05) is 0 Å². The Morgan fingerprint density at radius 3 is 2.71 bits per heavy atom. The van der Waals surface area contributed by atoms with Crippen LogP contribution < -0.4 is 5.73 Å². The van der Waals surface area contributed by atoms with Gasteiger partial charge in [-0.05, 0) is 35.8 Å². The van der Waals surface area contributed by atoms with Crippen LogP contribution in [0.2, 0.25) is 0 Å². The fourth-order valence-electron chi connectivity index (χ4n) is 1.41. The van der Waals surface area contributed by atoms with E-state index in [2.05, 4.69) is 31.0 Å². The molecule has 5 nitrogen and oxygen atoms in total. The van der Waals surface area contributed by atoms with Crippen LogP contribution in [0.4, 0.5) is 0 Å². The molecule has 0 aromatic carbocycles. The molecule has 0 unspecified atom stereocenters. The van der Waals surface area contributed by atoms with Gasteiger partial charge in [0.15, 0.2) is 0 Å². The Morgan fingerprint density at radius 2 is 2.18 bits per heavy atom. The molecule has 0 aliphatic heterocycles. The van der Waals surface area contributed by atoms with Gasteiger partial charge in [0, 0.05) is 6.20 Å². The molecule has 17 heavy (non-hydrogen) atoms. The smallest absolute Gasteiger partial charge is 0.251 e. The van der Waals surface area contributed by atoms with E-state index >= 15 is 0 Å². The SMILES string of the molecule is Cc1nn(-c2nccc(C(N)=S)n2)c(C)c1Br. The molecule has 2 aromatic heterocycles. The lowest BCUT2D eigenvalue weighted by atomic mass is 10.4. The fourth-order valence-corrected chi connectivity index (χ4v) is 1.77. The fraction of sp³-hybridized carbons (Fsp3) is 0.200. The van der Waals surface area contributed by atoms with E-state index in [-0.39, 0.29) is 4.99 Å². The number of nitrogens with zero attached hydrogens (tertiary/aromatic N) is 4. The van der Waals surface area contributed by atoms with Gasteiger partial charge in [0.25, 0.3) is 5.95 Å². The van der Waals surface area contributed by atoms with Crippen molar-refractivity contribution < 1.29 is 0 Å². The van der Waals surface area contributed by atoms with Gasteiger partial charge in [-0.25, -0.2) is 14.6 Å². The molecule has 2 aromatic rings. The zero-order valence-corrected chi connectivity index (χ0v) is 11.7. The van der Waals surface area contributed by atoms with Gasteiger partial charge >= 0.3 is 0 Å². The molecule has 0 spiro atoms. The Kier molecular flexibility index (Phi) is 3.21. The summed E-state index contributed by atoms with van der Waals surface area (Å²) in [6.07, 6.45) is 1.61. The van der Waals surface area contributed by atoms with Gasteiger partial charge in [0.2, 0.25) is 0 Å². The third kappa shape index (κ3) is 2.20. The van der Waals surface area contributed by atoms with Crippen LogP contribution in [-0.2, 0) is 0 Å². The monoisotopic (exact) mass is 311 g/mol. The minimum Gasteiger partial charge on any atom is -0.388 e. The van der Waals surface area contributed by atoms with Crippen LogP contribution in [0.3, 0.4) is 0 Å². The second-order valence-electron chi connectivity index (χ2n) is 3.50. The standard InChI is InChI=1S/C10H10BrN5S/c1-5-8(11)6(2)16(15-5)10-13-4-3-7(14-10)9(12)17/h3-4H,1-2H3,(H2,12,17). The Hall–Kier alpha value is -1.34. The van der Waals surface area contributed by atoms with Crippen molar-refractivity contribution in [1.82, 2.24) is 19.7 Å². The van der Waals surface area contributed by atoms with Crippen LogP contribution in [0.15, 0.2) is 16.7 Å². The van der Waals surface area contributed by atoms with Crippen LogP contribution in [0.25, 0.3) is 5.95 Å². The van der Waals surface area contributed by atoms with E-state index in [9.17, 15) is 0 Å². The molecule has 0 atom stereocenters. The summed E-state index contributed by atoms with van der Waals surface area (Å²) in [4.78, 5) is 8.67. The van der Waals surface area contributed by atoms with Gasteiger partial charge in [-0.3, -0.25) is 0 Å². The van der Waals surface area contributed by atoms with E-state index in [1.54, 1.807) is 16.9 Å². The third-order valence-corrected chi connectivity index (χ3v) is 3.64. The van der Waals surface area contributed by atoms with Gasteiger partial charge in [0.05, 0.1) is 15.9 Å². The van der Waals surface area contributed by atoms with Crippen LogP contribution in [0.5, 0.6) is 0 Å². The van der Waals surface area contributed by atoms with Crippen LogP contribution >= 0.6 is 28.1 Å². The predicted octanol–water partition coefficient (Wildman–Crippen LogP) is 1.68. The zero-order chi connectivity index (χ0) is 12.6. The number of rotatable bonds is 2. The van der Waals surface area contributed by atoms with Crippen LogP contribution in [0.1, 0.15) is 17.1 Å². The largest absolute Gasteiger partial charge is 0.388 e. The maximum atomic E-state index is 5.54. The summed E-state index contributed by atoms with van der Waals surface area (Å²) in [6, 6.07) is 1.67. The predicted molar refractivity (Wildman–Crippen MR) is 72.2 cm³/mol. The lowest BCUT2D eigenvalue weighted by molar-refractivity contribution is 0.772. The van der Waals surface area contributed by atoms with E-state index in [1.165, 1.54) is 0 Å². The van der Waals surface area contributed by atoms with Gasteiger partial charge in [0.1, 0.15) is 10.7 Å². The van der Waals surface area contributed by atoms with E-state index in [1.807, 2.05) is 13.8 Å². The minimum absolute atomic E-state index is 0.245. The van der Waals surface area contributed by atoms with Crippen molar-refractivity contribution in [2.45, 2.75) is 13.8 Å². The van der Waals surface area contributed by atoms with E-state index in [0.717, 1.165) is 15.9 Å². The Bertz CT molecular complexity index is 592. The highest BCUT2D eigenvalue weighted by atomic mass is 79.9. The highest BCUT2D eigenvalue weighted by molar-refractivity contribution is 9.10. The molecule has 0 amide bonds. The first-order valence-corrected chi connectivity index (χ1v) is 6.05. The molecular weight excluding hydrogens is 302 g/mol. The number of aryl methyl sites for hydroxylation is 1. The Balaban J connectivity index is 2.56. The van der Waals surface area contributed by atoms with Crippen molar-refractivity contribution in [3.05, 3.63) is 33.8 Å². The van der Waals surface area contributed by atoms with Crippen LogP contribution in [-0.4, -0.2) is 24.7 Å².